The van der Waals surface area contributed by atoms with Crippen LogP contribution in [0.15, 0.2) is 78.6 Å². The third-order valence-electron chi connectivity index (χ3n) is 5.39. The van der Waals surface area contributed by atoms with Crippen LogP contribution in [0.5, 0.6) is 11.5 Å². The number of likely N-dealkylation sites (tertiary alicyclic amines) is 1. The standard InChI is InChI=1S/C25H22N2O5/c1-31-18-9-5-8-17(13-18)22-21(23(28)19-10-3-4-11-20(19)32-2)24(29)25(30)27(22)15-16-7-6-12-26-14-16/h3-14,22,28H,15H2,1-2H3/b23-21-. The molecule has 1 aromatic heterocycles. The molecule has 32 heavy (non-hydrogen) atoms. The molecular weight excluding hydrogens is 408 g/mol. The van der Waals surface area contributed by atoms with Crippen LogP contribution in [0, 0.1) is 0 Å². The van der Waals surface area contributed by atoms with E-state index in [9.17, 15) is 14.7 Å². The lowest BCUT2D eigenvalue weighted by Crippen LogP contribution is -2.29. The van der Waals surface area contributed by atoms with Crippen molar-refractivity contribution < 1.29 is 24.2 Å². The molecule has 1 saturated heterocycles. The van der Waals surface area contributed by atoms with Gasteiger partial charge in [-0.3, -0.25) is 14.6 Å². The average Bonchev–Trinajstić information content (AvgIpc) is 3.09. The van der Waals surface area contributed by atoms with Crippen molar-refractivity contribution in [3.63, 3.8) is 0 Å². The number of para-hydroxylation sites is 1. The summed E-state index contributed by atoms with van der Waals surface area (Å²) < 4.78 is 10.7. The van der Waals surface area contributed by atoms with E-state index in [4.69, 9.17) is 9.47 Å². The van der Waals surface area contributed by atoms with Crippen molar-refractivity contribution >= 4 is 17.4 Å². The quantitative estimate of drug-likeness (QED) is 0.364. The van der Waals surface area contributed by atoms with Gasteiger partial charge in [-0.05, 0) is 41.5 Å². The van der Waals surface area contributed by atoms with Gasteiger partial charge in [-0.2, -0.15) is 0 Å². The number of aliphatic hydroxyl groups excluding tert-OH is 1. The minimum absolute atomic E-state index is 0.00311. The number of hydrogen-bond donors (Lipinski definition) is 1. The van der Waals surface area contributed by atoms with Gasteiger partial charge in [-0.1, -0.05) is 30.3 Å². The van der Waals surface area contributed by atoms with Crippen molar-refractivity contribution in [2.75, 3.05) is 14.2 Å². The van der Waals surface area contributed by atoms with E-state index in [-0.39, 0.29) is 17.9 Å². The maximum Gasteiger partial charge on any atom is 0.295 e. The Morgan fingerprint density at radius 3 is 2.56 bits per heavy atom. The lowest BCUT2D eigenvalue weighted by molar-refractivity contribution is -0.140. The second-order valence-electron chi connectivity index (χ2n) is 7.27. The highest BCUT2D eigenvalue weighted by molar-refractivity contribution is 6.46. The van der Waals surface area contributed by atoms with E-state index in [0.29, 0.717) is 22.6 Å². The Balaban J connectivity index is 1.90. The molecule has 4 rings (SSSR count). The zero-order valence-electron chi connectivity index (χ0n) is 17.7. The highest BCUT2D eigenvalue weighted by Crippen LogP contribution is 2.42. The molecule has 1 unspecified atom stereocenters. The van der Waals surface area contributed by atoms with Gasteiger partial charge in [-0.15, -0.1) is 0 Å². The second kappa shape index (κ2) is 8.93. The van der Waals surface area contributed by atoms with Crippen LogP contribution in [0.1, 0.15) is 22.7 Å². The summed E-state index contributed by atoms with van der Waals surface area (Å²) in [5, 5.41) is 11.2. The number of ketones is 1. The molecule has 1 amide bonds. The maximum absolute atomic E-state index is 13.2. The van der Waals surface area contributed by atoms with E-state index in [1.54, 1.807) is 74.1 Å². The van der Waals surface area contributed by atoms with Crippen molar-refractivity contribution in [3.8, 4) is 11.5 Å². The van der Waals surface area contributed by atoms with Gasteiger partial charge in [0.25, 0.3) is 11.7 Å². The Bertz CT molecular complexity index is 1190. The summed E-state index contributed by atoms with van der Waals surface area (Å²) in [6, 6.07) is 16.7. The number of methoxy groups -OCH3 is 2. The van der Waals surface area contributed by atoms with Crippen molar-refractivity contribution in [1.82, 2.24) is 9.88 Å². The summed E-state index contributed by atoms with van der Waals surface area (Å²) in [4.78, 5) is 31.8. The van der Waals surface area contributed by atoms with Crippen LogP contribution in [-0.2, 0) is 16.1 Å². The number of amides is 1. The fraction of sp³-hybridized carbons (Fsp3) is 0.160. The molecule has 1 fully saturated rings. The predicted molar refractivity (Wildman–Crippen MR) is 118 cm³/mol. The zero-order valence-corrected chi connectivity index (χ0v) is 17.7. The molecule has 2 aromatic carbocycles. The van der Waals surface area contributed by atoms with Crippen LogP contribution in [0.2, 0.25) is 0 Å². The Hall–Kier alpha value is -4.13. The van der Waals surface area contributed by atoms with E-state index in [1.807, 2.05) is 6.07 Å². The van der Waals surface area contributed by atoms with E-state index in [1.165, 1.54) is 12.0 Å². The highest BCUT2D eigenvalue weighted by Gasteiger charge is 2.46. The van der Waals surface area contributed by atoms with Crippen LogP contribution in [-0.4, -0.2) is 40.9 Å². The maximum atomic E-state index is 13.2. The molecule has 0 aliphatic carbocycles. The number of aromatic nitrogens is 1. The fourth-order valence-corrected chi connectivity index (χ4v) is 3.87. The summed E-state index contributed by atoms with van der Waals surface area (Å²) in [6.45, 7) is 0.156. The molecule has 0 radical (unpaired) electrons. The second-order valence-corrected chi connectivity index (χ2v) is 7.27. The normalized spacial score (nSPS) is 17.4. The number of nitrogens with zero attached hydrogens (tertiary/aromatic N) is 2. The Morgan fingerprint density at radius 2 is 1.84 bits per heavy atom. The monoisotopic (exact) mass is 430 g/mol. The number of benzene rings is 2. The minimum atomic E-state index is -0.810. The number of Topliss-reactive ketones (excluding diaryl/α,β-unsaturated/α-hetero) is 1. The topological polar surface area (TPSA) is 89.0 Å². The summed E-state index contributed by atoms with van der Waals surface area (Å²) in [7, 11) is 3.02. The van der Waals surface area contributed by atoms with Gasteiger partial charge in [0.15, 0.2) is 0 Å². The highest BCUT2D eigenvalue weighted by atomic mass is 16.5. The Labute approximate surface area is 185 Å². The van der Waals surface area contributed by atoms with Gasteiger partial charge in [0.2, 0.25) is 0 Å². The molecule has 0 spiro atoms. The first kappa shape index (κ1) is 21.1. The van der Waals surface area contributed by atoms with Crippen molar-refractivity contribution in [1.29, 1.82) is 0 Å². The van der Waals surface area contributed by atoms with E-state index in [0.717, 1.165) is 5.56 Å². The SMILES string of the molecule is COc1cccc(C2/C(=C(/O)c3ccccc3OC)C(=O)C(=O)N2Cc2cccnc2)c1. The lowest BCUT2D eigenvalue weighted by Gasteiger charge is -2.25. The summed E-state index contributed by atoms with van der Waals surface area (Å²) in [5.74, 6) is -0.773. The van der Waals surface area contributed by atoms with E-state index >= 15 is 0 Å². The van der Waals surface area contributed by atoms with Gasteiger partial charge in [0, 0.05) is 18.9 Å². The molecule has 0 bridgehead atoms. The van der Waals surface area contributed by atoms with Crippen molar-refractivity contribution in [2.24, 2.45) is 0 Å². The summed E-state index contributed by atoms with van der Waals surface area (Å²) in [5.41, 5.74) is 1.74. The molecule has 7 nitrogen and oxygen atoms in total. The number of carbonyl (C=O) groups excluding carboxylic acids is 2. The van der Waals surface area contributed by atoms with Gasteiger partial charge < -0.3 is 19.5 Å². The first-order chi connectivity index (χ1) is 15.5. The molecule has 1 aliphatic rings. The number of ether oxygens (including phenoxy) is 2. The fourth-order valence-electron chi connectivity index (χ4n) is 3.87. The number of aliphatic hydroxyl groups is 1. The number of rotatable bonds is 6. The smallest absolute Gasteiger partial charge is 0.295 e. The molecule has 1 atom stereocenters. The first-order valence-corrected chi connectivity index (χ1v) is 9.99. The van der Waals surface area contributed by atoms with Gasteiger partial charge in [0.05, 0.1) is 31.4 Å². The van der Waals surface area contributed by atoms with Crippen LogP contribution in [0.25, 0.3) is 5.76 Å². The van der Waals surface area contributed by atoms with Gasteiger partial charge >= 0.3 is 0 Å². The van der Waals surface area contributed by atoms with Crippen LogP contribution in [0.3, 0.4) is 0 Å². The van der Waals surface area contributed by atoms with Crippen LogP contribution >= 0.6 is 0 Å². The number of pyridine rings is 1. The Kier molecular flexibility index (Phi) is 5.89. The molecule has 1 N–H and O–H groups in total. The van der Waals surface area contributed by atoms with E-state index < -0.39 is 17.7 Å². The first-order valence-electron chi connectivity index (χ1n) is 9.99. The van der Waals surface area contributed by atoms with Crippen LogP contribution < -0.4 is 9.47 Å². The molecule has 3 aromatic rings. The number of hydrogen-bond acceptors (Lipinski definition) is 6. The molecule has 7 heteroatoms. The lowest BCUT2D eigenvalue weighted by atomic mass is 9.94. The summed E-state index contributed by atoms with van der Waals surface area (Å²) in [6.07, 6.45) is 3.28. The third kappa shape index (κ3) is 3.80. The molecule has 162 valence electrons. The third-order valence-corrected chi connectivity index (χ3v) is 5.39. The van der Waals surface area contributed by atoms with Crippen molar-refractivity contribution in [2.45, 2.75) is 12.6 Å². The molecule has 1 aliphatic heterocycles. The van der Waals surface area contributed by atoms with Crippen molar-refractivity contribution in [3.05, 3.63) is 95.3 Å². The van der Waals surface area contributed by atoms with Gasteiger partial charge in [-0.25, -0.2) is 0 Å². The minimum Gasteiger partial charge on any atom is -0.507 e. The largest absolute Gasteiger partial charge is 0.507 e. The zero-order chi connectivity index (χ0) is 22.7. The molecule has 2 heterocycles. The molecule has 0 saturated carbocycles. The molecular formula is C25H22N2O5. The Morgan fingerprint density at radius 1 is 1.03 bits per heavy atom. The number of carbonyl (C=O) groups is 2. The summed E-state index contributed by atoms with van der Waals surface area (Å²) >= 11 is 0. The average molecular weight is 430 g/mol. The van der Waals surface area contributed by atoms with E-state index in [2.05, 4.69) is 4.98 Å². The predicted octanol–water partition coefficient (Wildman–Crippen LogP) is 3.72. The van der Waals surface area contributed by atoms with Gasteiger partial charge in [0.1, 0.15) is 17.3 Å². The van der Waals surface area contributed by atoms with Crippen LogP contribution in [0.4, 0.5) is 0 Å².